The van der Waals surface area contributed by atoms with Crippen LogP contribution in [0.15, 0.2) is 130 Å². The predicted octanol–water partition coefficient (Wildman–Crippen LogP) is 26.3. The van der Waals surface area contributed by atoms with Crippen molar-refractivity contribution in [2.45, 2.75) is 254 Å². The number of carboxylic acid groups (broad SMARTS) is 2. The molecule has 0 unspecified atom stereocenters. The van der Waals surface area contributed by atoms with Gasteiger partial charge in [0.25, 0.3) is 0 Å². The van der Waals surface area contributed by atoms with Crippen LogP contribution in [-0.2, 0) is 34.0 Å². The molecule has 6 bridgehead atoms. The highest BCUT2D eigenvalue weighted by molar-refractivity contribution is 6.40. The summed E-state index contributed by atoms with van der Waals surface area (Å²) in [5.74, 6) is 16.6. The molecule has 2 N–H and O–H groups in total. The lowest BCUT2D eigenvalue weighted by Gasteiger charge is -2.52. The molecule has 3 aromatic carbocycles. The highest BCUT2D eigenvalue weighted by atomic mass is 35.5. The highest BCUT2D eigenvalue weighted by Gasteiger charge is 2.53. The number of fused-ring (bicyclic) bond motifs is 12. The first-order valence-electron chi connectivity index (χ1n) is 48.5. The molecule has 1 saturated heterocycles. The molecule has 0 atom stereocenters. The number of allylic oxidation sites excluding steroid dienone is 1. The van der Waals surface area contributed by atoms with Gasteiger partial charge in [-0.3, -0.25) is 19.7 Å². The molecule has 14 fully saturated rings. The lowest BCUT2D eigenvalue weighted by atomic mass is 9.58. The molecule has 9 aromatic heterocycles. The van der Waals surface area contributed by atoms with E-state index < -0.39 is 18.6 Å². The van der Waals surface area contributed by atoms with Gasteiger partial charge in [0.05, 0.1) is 83.9 Å². The van der Waals surface area contributed by atoms with E-state index >= 15 is 0 Å². The summed E-state index contributed by atoms with van der Waals surface area (Å²) in [6, 6.07) is 21.7. The molecule has 14 aliphatic rings. The molecule has 0 spiro atoms. The van der Waals surface area contributed by atoms with Gasteiger partial charge < -0.3 is 57.3 Å². The number of hydrogen-bond acceptors (Lipinski definition) is 22. The number of carboxylic acids is 2. The molecule has 12 aromatic rings. The molecule has 724 valence electrons. The molecule has 1 aliphatic heterocycles. The summed E-state index contributed by atoms with van der Waals surface area (Å²) < 4.78 is 75.0. The molecule has 26 rings (SSSR count). The van der Waals surface area contributed by atoms with Gasteiger partial charge in [0.2, 0.25) is 0 Å². The fourth-order valence-corrected chi connectivity index (χ4v) is 23.7. The topological polar surface area (TPSA) is 300 Å². The summed E-state index contributed by atoms with van der Waals surface area (Å²) in [6.45, 7) is 3.36. The number of ketones is 1. The monoisotopic (exact) mass is 2010 g/mol. The zero-order valence-corrected chi connectivity index (χ0v) is 82.0. The molecule has 13 saturated carbocycles. The molecule has 140 heavy (non-hydrogen) atoms. The van der Waals surface area contributed by atoms with Gasteiger partial charge in [-0.25, -0.2) is 24.5 Å². The largest absolute Gasteiger partial charge is 0.490 e. The molecule has 0 amide bonds. The van der Waals surface area contributed by atoms with Gasteiger partial charge in [0.1, 0.15) is 57.4 Å². The Hall–Kier alpha value is -10.7. The third-order valence-corrected chi connectivity index (χ3v) is 32.8. The maximum absolute atomic E-state index is 13.1. The van der Waals surface area contributed by atoms with Crippen LogP contribution >= 0.6 is 69.6 Å². The fourth-order valence-electron chi connectivity index (χ4n) is 22.0. The van der Waals surface area contributed by atoms with Crippen molar-refractivity contribution >= 4 is 132 Å². The molecular formula is C108H103Cl6F2N11O13. The molecular weight excluding hydrogens is 1910 g/mol. The van der Waals surface area contributed by atoms with E-state index in [9.17, 15) is 33.4 Å². The first kappa shape index (κ1) is 95.5. The van der Waals surface area contributed by atoms with Crippen molar-refractivity contribution in [2.75, 3.05) is 38.1 Å². The second-order valence-corrected chi connectivity index (χ2v) is 42.6. The fraction of sp³-hybridized carbons (Fsp3) is 0.444. The zero-order valence-electron chi connectivity index (χ0n) is 77.5. The quantitative estimate of drug-likeness (QED) is 0.0397. The average Bonchev–Trinajstić information content (AvgIpc) is 1.40. The Morgan fingerprint density at radius 2 is 0.879 bits per heavy atom. The summed E-state index contributed by atoms with van der Waals surface area (Å²) in [5, 5.41) is 38.0. The van der Waals surface area contributed by atoms with Crippen LogP contribution in [0.2, 0.25) is 30.1 Å². The number of aromatic carboxylic acids is 2. The summed E-state index contributed by atoms with van der Waals surface area (Å²) in [6.07, 6.45) is 42.1. The van der Waals surface area contributed by atoms with E-state index in [1.165, 1.54) is 0 Å². The number of Topliss-reactive ketones (excluding diaryl/α,β-unsaturated/α-hetero) is 1. The maximum atomic E-state index is 13.1. The van der Waals surface area contributed by atoms with Crippen LogP contribution in [0.3, 0.4) is 0 Å². The number of carbonyl (C=O) groups excluding carboxylic acids is 1. The van der Waals surface area contributed by atoms with Crippen molar-refractivity contribution in [2.24, 2.45) is 16.2 Å². The van der Waals surface area contributed by atoms with Gasteiger partial charge >= 0.3 is 18.6 Å². The molecule has 13 aliphatic carbocycles. The number of carbonyl (C=O) groups is 3. The number of aromatic nitrogens is 9. The predicted molar refractivity (Wildman–Crippen MR) is 529 cm³/mol. The number of ether oxygens (including phenoxy) is 5. The Balaban J connectivity index is 0.000000125. The van der Waals surface area contributed by atoms with Crippen LogP contribution in [0.5, 0.6) is 11.5 Å². The van der Waals surface area contributed by atoms with Crippen LogP contribution in [-0.4, -0.2) is 141 Å². The lowest BCUT2D eigenvalue weighted by Crippen LogP contribution is -2.47. The smallest absolute Gasteiger partial charge is 0.387 e. The number of nitrogens with zero attached hydrogens (tertiary/aromatic N) is 11. The van der Waals surface area contributed by atoms with Crippen molar-refractivity contribution in [3.8, 4) is 69.0 Å². The van der Waals surface area contributed by atoms with Crippen LogP contribution in [0, 0.1) is 39.9 Å². The van der Waals surface area contributed by atoms with Crippen molar-refractivity contribution in [1.29, 1.82) is 0 Å². The summed E-state index contributed by atoms with van der Waals surface area (Å²) >= 11 is 39.0. The minimum atomic E-state index is -3.11. The first-order chi connectivity index (χ1) is 67.7. The van der Waals surface area contributed by atoms with E-state index in [-0.39, 0.29) is 73.0 Å². The number of halogens is 8. The number of rotatable bonds is 25. The second kappa shape index (κ2) is 39.2. The van der Waals surface area contributed by atoms with E-state index in [1.54, 1.807) is 68.4 Å². The van der Waals surface area contributed by atoms with Gasteiger partial charge in [-0.05, 0) is 252 Å². The number of anilines is 1. The van der Waals surface area contributed by atoms with Crippen LogP contribution in [0.4, 0.5) is 14.6 Å². The maximum Gasteiger partial charge on any atom is 0.387 e. The average molecular weight is 2010 g/mol. The van der Waals surface area contributed by atoms with Crippen LogP contribution in [0.1, 0.15) is 287 Å². The van der Waals surface area contributed by atoms with Gasteiger partial charge in [-0.2, -0.15) is 8.78 Å². The third-order valence-electron chi connectivity index (χ3n) is 31.1. The molecule has 0 radical (unpaired) electrons. The van der Waals surface area contributed by atoms with E-state index in [0.717, 1.165) is 279 Å². The standard InChI is InChI=1S/C38H39Cl2N5O3.C37H37Cl2N3O5.C33H27Cl2F2N3O5/c1-24(46)32-20-27-4-3-25(19-28(27)36(42-32)45-17-15-44(2)16-18-45)7-8-37-9-12-38(13-10-37,14-11-37)47-23-29-34(43-48-35(29)26-5-6-26)33-30(39)21-41-22-31(33)40;38-27-19-40-20-28(39)32(27)33-26(34(47-42-33)23-6-7-23)21-45-37-14-11-36(12-15-37,13-16-37)10-9-22-5-8-29-25(17-22)31(18-30(41-29)35(43)44)46-24-3-1-2-4-24;34-22-15-38-16-23(35)27(22)28-21(29(45-40-28)19-2-3-19)17-43-33-10-7-32(8-11-33,9-12-33)6-5-18-1-4-24-20(13-18)26(44-31(36)37)14-25(39-24)30(41)42/h3-4,19-22,26H,5-6,9-18,23H2,1-2H3;5,8-10,17-20,23-24H,1-4,6-7,11-16,21H2,(H,43,44);1,4,13-16,19,31H,2-3,7-12,17H2,(H,41,42)/b;10-9+;. The summed E-state index contributed by atoms with van der Waals surface area (Å²) in [7, 11) is 2.14. The highest BCUT2D eigenvalue weighted by Crippen LogP contribution is 2.60. The minimum absolute atomic E-state index is 0.00327. The SMILES string of the molecule is CC(=O)c1cc2ccc(C#CC34CCC(OCc5c(-c6c(Cl)cncc6Cl)noc5C5CC5)(CC3)CC4)cc2c(N2CCN(C)CC2)n1.O=C(O)c1cc(OC(F)F)c2cc(C#CC34CCC(OCc5c(-c6c(Cl)cncc6Cl)noc5C5CC5)(CC3)CC4)ccc2n1.O=C(O)c1cc(OC2CCCC2)c2cc(/C=C/C34CCC(OCc5c(-c6c(Cl)cncc6Cl)noc5C5CC5)(CC3)CC4)ccc2n1. The lowest BCUT2D eigenvalue weighted by molar-refractivity contribution is -0.133. The first-order valence-corrected chi connectivity index (χ1v) is 50.8. The number of alkyl halides is 2. The Kier molecular flexibility index (Phi) is 26.7. The normalized spacial score (nSPS) is 23.7. The minimum Gasteiger partial charge on any atom is -0.490 e. The van der Waals surface area contributed by atoms with Gasteiger partial charge in [0, 0.05) is 172 Å². The van der Waals surface area contributed by atoms with Crippen LogP contribution < -0.4 is 14.4 Å². The van der Waals surface area contributed by atoms with Gasteiger partial charge in [-0.15, -0.1) is 0 Å². The third kappa shape index (κ3) is 20.0. The van der Waals surface area contributed by atoms with Crippen molar-refractivity contribution < 1.29 is 70.6 Å². The zero-order chi connectivity index (χ0) is 96.6. The second-order valence-electron chi connectivity index (χ2n) is 40.2. The van der Waals surface area contributed by atoms with E-state index in [0.29, 0.717) is 124 Å². The van der Waals surface area contributed by atoms with E-state index in [2.05, 4.69) is 122 Å². The summed E-state index contributed by atoms with van der Waals surface area (Å²) in [5.41, 5.74) is 9.66. The Labute approximate surface area is 838 Å². The van der Waals surface area contributed by atoms with Gasteiger partial charge in [0.15, 0.2) is 17.2 Å². The molecule has 32 heteroatoms. The number of hydrogen-bond donors (Lipinski definition) is 2. The number of benzene rings is 3. The van der Waals surface area contributed by atoms with Crippen molar-refractivity contribution in [3.05, 3.63) is 214 Å². The van der Waals surface area contributed by atoms with E-state index in [1.807, 2.05) is 18.2 Å². The molecule has 24 nitrogen and oxygen atoms in total. The van der Waals surface area contributed by atoms with Crippen LogP contribution in [0.25, 0.3) is 72.4 Å². The van der Waals surface area contributed by atoms with E-state index in [4.69, 9.17) is 107 Å². The Morgan fingerprint density at radius 3 is 1.29 bits per heavy atom. The number of pyridine rings is 6. The van der Waals surface area contributed by atoms with Crippen molar-refractivity contribution in [1.82, 2.24) is 50.3 Å². The summed E-state index contributed by atoms with van der Waals surface area (Å²) in [4.78, 5) is 65.7. The Morgan fingerprint density at radius 1 is 0.479 bits per heavy atom. The van der Waals surface area contributed by atoms with Gasteiger partial charge in [-0.1, -0.05) is 133 Å². The number of likely N-dealkylation sites (N-methyl/N-ethyl adjacent to an activating group) is 1. The molecule has 10 heterocycles. The Bertz CT molecular complexity index is 6900. The van der Waals surface area contributed by atoms with Crippen molar-refractivity contribution in [3.63, 3.8) is 0 Å². The number of piperazine rings is 1.